The fourth-order valence-electron chi connectivity index (χ4n) is 2.02. The number of nitrogens with one attached hydrogen (secondary N) is 1. The third-order valence-corrected chi connectivity index (χ3v) is 2.89. The molecule has 0 saturated carbocycles. The standard InChI is InChI=1S/C10H22N2/c1-11-8-5-7-10-6-3-4-9-12(10)2/h10-11H,3-9H2,1-2H3. The minimum absolute atomic E-state index is 0.868. The van der Waals surface area contributed by atoms with Gasteiger partial charge in [0.15, 0.2) is 0 Å². The largest absolute Gasteiger partial charge is 0.320 e. The second kappa shape index (κ2) is 5.55. The van der Waals surface area contributed by atoms with Gasteiger partial charge in [0.25, 0.3) is 0 Å². The van der Waals surface area contributed by atoms with Crippen molar-refractivity contribution in [2.24, 2.45) is 0 Å². The lowest BCUT2D eigenvalue weighted by atomic mass is 9.99. The van der Waals surface area contributed by atoms with Gasteiger partial charge in [-0.05, 0) is 52.9 Å². The van der Waals surface area contributed by atoms with Gasteiger partial charge < -0.3 is 10.2 Å². The van der Waals surface area contributed by atoms with Gasteiger partial charge in [-0.2, -0.15) is 0 Å². The van der Waals surface area contributed by atoms with Gasteiger partial charge in [-0.1, -0.05) is 6.42 Å². The monoisotopic (exact) mass is 170 g/mol. The lowest BCUT2D eigenvalue weighted by Crippen LogP contribution is -2.36. The molecule has 0 aromatic rings. The first-order valence-electron chi connectivity index (χ1n) is 5.19. The highest BCUT2D eigenvalue weighted by molar-refractivity contribution is 4.73. The van der Waals surface area contributed by atoms with Gasteiger partial charge in [0.05, 0.1) is 0 Å². The molecule has 0 amide bonds. The van der Waals surface area contributed by atoms with E-state index in [0.717, 1.165) is 6.04 Å². The van der Waals surface area contributed by atoms with Crippen molar-refractivity contribution in [2.45, 2.75) is 38.1 Å². The number of piperidine rings is 1. The van der Waals surface area contributed by atoms with Gasteiger partial charge >= 0.3 is 0 Å². The van der Waals surface area contributed by atoms with Crippen LogP contribution in [0, 0.1) is 0 Å². The van der Waals surface area contributed by atoms with Crippen LogP contribution >= 0.6 is 0 Å². The summed E-state index contributed by atoms with van der Waals surface area (Å²) >= 11 is 0. The topological polar surface area (TPSA) is 15.3 Å². The zero-order valence-corrected chi connectivity index (χ0v) is 8.47. The lowest BCUT2D eigenvalue weighted by Gasteiger charge is -2.32. The number of rotatable bonds is 4. The van der Waals surface area contributed by atoms with Crippen molar-refractivity contribution in [3.05, 3.63) is 0 Å². The molecule has 0 bridgehead atoms. The molecule has 1 aliphatic heterocycles. The Morgan fingerprint density at radius 3 is 2.92 bits per heavy atom. The maximum absolute atomic E-state index is 3.20. The molecule has 0 spiro atoms. The van der Waals surface area contributed by atoms with E-state index in [2.05, 4.69) is 17.3 Å². The van der Waals surface area contributed by atoms with Gasteiger partial charge in [-0.3, -0.25) is 0 Å². The summed E-state index contributed by atoms with van der Waals surface area (Å²) in [7, 11) is 4.30. The molecule has 0 aromatic heterocycles. The van der Waals surface area contributed by atoms with Crippen molar-refractivity contribution in [1.82, 2.24) is 10.2 Å². The van der Waals surface area contributed by atoms with Crippen LogP contribution in [0.4, 0.5) is 0 Å². The smallest absolute Gasteiger partial charge is 0.00926 e. The van der Waals surface area contributed by atoms with Crippen LogP contribution in [-0.4, -0.2) is 38.1 Å². The summed E-state index contributed by atoms with van der Waals surface area (Å²) in [6, 6.07) is 0.868. The molecule has 0 aliphatic carbocycles. The first-order valence-corrected chi connectivity index (χ1v) is 5.19. The van der Waals surface area contributed by atoms with Crippen LogP contribution in [0.1, 0.15) is 32.1 Å². The summed E-state index contributed by atoms with van der Waals surface area (Å²) in [5.41, 5.74) is 0. The summed E-state index contributed by atoms with van der Waals surface area (Å²) in [6.45, 7) is 2.48. The first kappa shape index (κ1) is 10.0. The summed E-state index contributed by atoms with van der Waals surface area (Å²) in [6.07, 6.45) is 6.96. The zero-order chi connectivity index (χ0) is 8.81. The maximum atomic E-state index is 3.20. The Labute approximate surface area is 76.3 Å². The molecule has 1 aliphatic rings. The molecule has 1 heterocycles. The van der Waals surface area contributed by atoms with Crippen molar-refractivity contribution in [3.63, 3.8) is 0 Å². The minimum Gasteiger partial charge on any atom is -0.320 e. The first-order chi connectivity index (χ1) is 5.84. The van der Waals surface area contributed by atoms with Crippen molar-refractivity contribution in [2.75, 3.05) is 27.2 Å². The van der Waals surface area contributed by atoms with E-state index in [1.807, 2.05) is 7.05 Å². The normalized spacial score (nSPS) is 26.0. The Kier molecular flexibility index (Phi) is 4.62. The van der Waals surface area contributed by atoms with Crippen LogP contribution in [0.3, 0.4) is 0 Å². The van der Waals surface area contributed by atoms with Crippen molar-refractivity contribution >= 4 is 0 Å². The number of hydrogen-bond acceptors (Lipinski definition) is 2. The fourth-order valence-corrected chi connectivity index (χ4v) is 2.02. The Balaban J connectivity index is 2.11. The summed E-state index contributed by atoms with van der Waals surface area (Å²) in [4.78, 5) is 2.53. The molecule has 1 N–H and O–H groups in total. The van der Waals surface area contributed by atoms with Crippen LogP contribution < -0.4 is 5.32 Å². The number of likely N-dealkylation sites (tertiary alicyclic amines) is 1. The van der Waals surface area contributed by atoms with Crippen LogP contribution in [-0.2, 0) is 0 Å². The molecule has 12 heavy (non-hydrogen) atoms. The summed E-state index contributed by atoms with van der Waals surface area (Å²) < 4.78 is 0. The van der Waals surface area contributed by atoms with Crippen molar-refractivity contribution in [3.8, 4) is 0 Å². The molecule has 1 atom stereocenters. The van der Waals surface area contributed by atoms with Gasteiger partial charge in [-0.25, -0.2) is 0 Å². The Hall–Kier alpha value is -0.0800. The van der Waals surface area contributed by atoms with E-state index in [1.54, 1.807) is 0 Å². The summed E-state index contributed by atoms with van der Waals surface area (Å²) in [5, 5.41) is 3.20. The number of nitrogens with zero attached hydrogens (tertiary/aromatic N) is 1. The van der Waals surface area contributed by atoms with Crippen molar-refractivity contribution < 1.29 is 0 Å². The third-order valence-electron chi connectivity index (χ3n) is 2.89. The quantitative estimate of drug-likeness (QED) is 0.643. The van der Waals surface area contributed by atoms with Crippen molar-refractivity contribution in [1.29, 1.82) is 0 Å². The molecular weight excluding hydrogens is 148 g/mol. The molecule has 1 rings (SSSR count). The van der Waals surface area contributed by atoms with E-state index in [1.165, 1.54) is 45.2 Å². The maximum Gasteiger partial charge on any atom is 0.00926 e. The average Bonchev–Trinajstić information content (AvgIpc) is 2.09. The van der Waals surface area contributed by atoms with Crippen LogP contribution in [0.25, 0.3) is 0 Å². The predicted octanol–water partition coefficient (Wildman–Crippen LogP) is 1.47. The highest BCUT2D eigenvalue weighted by Crippen LogP contribution is 2.18. The van der Waals surface area contributed by atoms with Crippen LogP contribution in [0.2, 0.25) is 0 Å². The lowest BCUT2D eigenvalue weighted by molar-refractivity contribution is 0.174. The SMILES string of the molecule is CNCCCC1CCCCN1C. The molecule has 1 saturated heterocycles. The van der Waals surface area contributed by atoms with Gasteiger partial charge in [-0.15, -0.1) is 0 Å². The van der Waals surface area contributed by atoms with Gasteiger partial charge in [0.2, 0.25) is 0 Å². The minimum atomic E-state index is 0.868. The summed E-state index contributed by atoms with van der Waals surface area (Å²) in [5.74, 6) is 0. The fraction of sp³-hybridized carbons (Fsp3) is 1.00. The predicted molar refractivity (Wildman–Crippen MR) is 53.4 cm³/mol. The van der Waals surface area contributed by atoms with E-state index >= 15 is 0 Å². The van der Waals surface area contributed by atoms with Gasteiger partial charge in [0, 0.05) is 6.04 Å². The van der Waals surface area contributed by atoms with E-state index in [4.69, 9.17) is 0 Å². The molecule has 2 heteroatoms. The molecule has 0 radical (unpaired) electrons. The van der Waals surface area contributed by atoms with Gasteiger partial charge in [0.1, 0.15) is 0 Å². The molecule has 72 valence electrons. The highest BCUT2D eigenvalue weighted by atomic mass is 15.1. The second-order valence-corrected chi connectivity index (χ2v) is 3.88. The van der Waals surface area contributed by atoms with E-state index in [9.17, 15) is 0 Å². The molecule has 1 unspecified atom stereocenters. The van der Waals surface area contributed by atoms with E-state index in [-0.39, 0.29) is 0 Å². The van der Waals surface area contributed by atoms with Crippen LogP contribution in [0.15, 0.2) is 0 Å². The third kappa shape index (κ3) is 3.11. The van der Waals surface area contributed by atoms with E-state index < -0.39 is 0 Å². The Morgan fingerprint density at radius 1 is 1.42 bits per heavy atom. The Morgan fingerprint density at radius 2 is 2.25 bits per heavy atom. The Bertz CT molecular complexity index is 114. The highest BCUT2D eigenvalue weighted by Gasteiger charge is 2.17. The molecule has 2 nitrogen and oxygen atoms in total. The molecule has 1 fully saturated rings. The van der Waals surface area contributed by atoms with Crippen LogP contribution in [0.5, 0.6) is 0 Å². The molecular formula is C10H22N2. The average molecular weight is 170 g/mol. The number of hydrogen-bond donors (Lipinski definition) is 1. The zero-order valence-electron chi connectivity index (χ0n) is 8.47. The second-order valence-electron chi connectivity index (χ2n) is 3.88. The van der Waals surface area contributed by atoms with E-state index in [0.29, 0.717) is 0 Å². The molecule has 0 aromatic carbocycles.